The Morgan fingerprint density at radius 3 is 2.81 bits per heavy atom. The number of aliphatic imine (C=N–C) groups is 1. The number of aromatic nitrogens is 2. The first-order valence-electron chi connectivity index (χ1n) is 9.30. The van der Waals surface area contributed by atoms with Crippen LogP contribution in [0.4, 0.5) is 4.79 Å². The van der Waals surface area contributed by atoms with Crippen LogP contribution in [0.5, 0.6) is 0 Å². The molecular weight excluding hydrogens is 336 g/mol. The van der Waals surface area contributed by atoms with Crippen LogP contribution in [-0.2, 0) is 11.2 Å². The van der Waals surface area contributed by atoms with E-state index >= 15 is 0 Å². The Labute approximate surface area is 154 Å². The summed E-state index contributed by atoms with van der Waals surface area (Å²) in [5.41, 5.74) is 5.95. The second-order valence-corrected chi connectivity index (χ2v) is 6.68. The quantitative estimate of drug-likeness (QED) is 0.428. The van der Waals surface area contributed by atoms with Crippen molar-refractivity contribution >= 4 is 12.1 Å². The maximum atomic E-state index is 11.7. The van der Waals surface area contributed by atoms with E-state index in [1.165, 1.54) is 0 Å². The van der Waals surface area contributed by atoms with Gasteiger partial charge in [-0.3, -0.25) is 4.99 Å². The molecule has 1 aromatic heterocycles. The number of likely N-dealkylation sites (tertiary alicyclic amines) is 1. The molecule has 1 aliphatic rings. The Kier molecular flexibility index (Phi) is 7.68. The van der Waals surface area contributed by atoms with Crippen molar-refractivity contribution in [3.8, 4) is 0 Å². The van der Waals surface area contributed by atoms with Crippen LogP contribution >= 0.6 is 0 Å². The van der Waals surface area contributed by atoms with Crippen LogP contribution in [0.15, 0.2) is 9.52 Å². The number of rotatable bonds is 7. The predicted molar refractivity (Wildman–Crippen MR) is 98.0 cm³/mol. The van der Waals surface area contributed by atoms with Gasteiger partial charge in [0.2, 0.25) is 5.89 Å². The molecule has 9 heteroatoms. The van der Waals surface area contributed by atoms with Crippen molar-refractivity contribution in [2.75, 3.05) is 26.2 Å². The van der Waals surface area contributed by atoms with Gasteiger partial charge in [0, 0.05) is 38.0 Å². The predicted octanol–water partition coefficient (Wildman–Crippen LogP) is 1.65. The highest BCUT2D eigenvalue weighted by Crippen LogP contribution is 2.12. The van der Waals surface area contributed by atoms with E-state index in [-0.39, 0.29) is 18.1 Å². The highest BCUT2D eigenvalue weighted by Gasteiger charge is 2.23. The Morgan fingerprint density at radius 2 is 2.19 bits per heavy atom. The molecule has 1 amide bonds. The highest BCUT2D eigenvalue weighted by molar-refractivity contribution is 5.78. The standard InChI is InChI=1S/C17H30N6O3/c1-4-25-17(24)23-10-7-13(8-11-23)20-16(18)19-9-5-6-14-21-15(12(2)3)22-26-14/h12-13H,4-11H2,1-3H3,(H3,18,19,20). The number of carbonyl (C=O) groups excluding carboxylic acids is 1. The molecule has 1 fully saturated rings. The molecule has 0 atom stereocenters. The first-order chi connectivity index (χ1) is 12.5. The van der Waals surface area contributed by atoms with Crippen molar-refractivity contribution in [2.24, 2.45) is 10.7 Å². The lowest BCUT2D eigenvalue weighted by molar-refractivity contribution is 0.0963. The summed E-state index contributed by atoms with van der Waals surface area (Å²) in [4.78, 5) is 22.1. The lowest BCUT2D eigenvalue weighted by atomic mass is 10.1. The largest absolute Gasteiger partial charge is 0.450 e. The number of guanidine groups is 1. The van der Waals surface area contributed by atoms with Gasteiger partial charge in [-0.1, -0.05) is 19.0 Å². The van der Waals surface area contributed by atoms with Crippen LogP contribution in [0.1, 0.15) is 57.7 Å². The Balaban J connectivity index is 1.64. The first-order valence-corrected chi connectivity index (χ1v) is 9.30. The number of carbonyl (C=O) groups is 1. The molecule has 3 N–H and O–H groups in total. The van der Waals surface area contributed by atoms with Crippen LogP contribution in [0, 0.1) is 0 Å². The average Bonchev–Trinajstić information content (AvgIpc) is 3.09. The topological polar surface area (TPSA) is 119 Å². The molecule has 0 aliphatic carbocycles. The van der Waals surface area contributed by atoms with Crippen LogP contribution in [-0.4, -0.2) is 59.4 Å². The maximum Gasteiger partial charge on any atom is 0.409 e. The molecular formula is C17H30N6O3. The minimum atomic E-state index is -0.241. The highest BCUT2D eigenvalue weighted by atomic mass is 16.6. The Morgan fingerprint density at radius 1 is 1.46 bits per heavy atom. The second-order valence-electron chi connectivity index (χ2n) is 6.68. The molecule has 2 rings (SSSR count). The van der Waals surface area contributed by atoms with Gasteiger partial charge in [0.25, 0.3) is 0 Å². The number of nitrogens with two attached hydrogens (primary N) is 1. The molecule has 0 aromatic carbocycles. The third kappa shape index (κ3) is 6.20. The van der Waals surface area contributed by atoms with Crippen LogP contribution in [0.3, 0.4) is 0 Å². The average molecular weight is 366 g/mol. The number of piperidine rings is 1. The maximum absolute atomic E-state index is 11.7. The fourth-order valence-electron chi connectivity index (χ4n) is 2.71. The monoisotopic (exact) mass is 366 g/mol. The summed E-state index contributed by atoms with van der Waals surface area (Å²) in [6, 6.07) is 0.231. The van der Waals surface area contributed by atoms with E-state index in [2.05, 4.69) is 20.4 Å². The van der Waals surface area contributed by atoms with Gasteiger partial charge in [-0.2, -0.15) is 4.98 Å². The summed E-state index contributed by atoms with van der Waals surface area (Å²) >= 11 is 0. The summed E-state index contributed by atoms with van der Waals surface area (Å²) < 4.78 is 10.2. The van der Waals surface area contributed by atoms with E-state index in [0.717, 1.165) is 25.1 Å². The van der Waals surface area contributed by atoms with Gasteiger partial charge < -0.3 is 25.2 Å². The summed E-state index contributed by atoms with van der Waals surface area (Å²) in [5, 5.41) is 7.17. The molecule has 26 heavy (non-hydrogen) atoms. The SMILES string of the molecule is CCOC(=O)N1CCC(NC(N)=NCCCc2nc(C(C)C)no2)CC1. The number of hydrogen-bond acceptors (Lipinski definition) is 6. The normalized spacial score (nSPS) is 16.2. The van der Waals surface area contributed by atoms with Gasteiger partial charge in [0.05, 0.1) is 6.61 Å². The number of amides is 1. The van der Waals surface area contributed by atoms with Gasteiger partial charge in [-0.15, -0.1) is 0 Å². The van der Waals surface area contributed by atoms with Crippen molar-refractivity contribution in [1.82, 2.24) is 20.4 Å². The Bertz CT molecular complexity index is 593. The smallest absolute Gasteiger partial charge is 0.409 e. The first kappa shape index (κ1) is 20.0. The van der Waals surface area contributed by atoms with E-state index in [1.54, 1.807) is 4.90 Å². The summed E-state index contributed by atoms with van der Waals surface area (Å²) in [7, 11) is 0. The van der Waals surface area contributed by atoms with Crippen molar-refractivity contribution in [1.29, 1.82) is 0 Å². The van der Waals surface area contributed by atoms with Crippen molar-refractivity contribution < 1.29 is 14.1 Å². The summed E-state index contributed by atoms with van der Waals surface area (Å²) in [6.07, 6.45) is 2.90. The fraction of sp³-hybridized carbons (Fsp3) is 0.765. The number of aryl methyl sites for hydroxylation is 1. The third-order valence-electron chi connectivity index (χ3n) is 4.20. The molecule has 2 heterocycles. The molecule has 0 unspecified atom stereocenters. The minimum absolute atomic E-state index is 0.231. The molecule has 0 radical (unpaired) electrons. The second kappa shape index (κ2) is 9.98. The molecule has 0 saturated carbocycles. The zero-order valence-electron chi connectivity index (χ0n) is 15.9. The molecule has 0 spiro atoms. The molecule has 0 bridgehead atoms. The fourth-order valence-corrected chi connectivity index (χ4v) is 2.71. The lowest BCUT2D eigenvalue weighted by Gasteiger charge is -2.31. The number of hydrogen-bond donors (Lipinski definition) is 2. The van der Waals surface area contributed by atoms with Gasteiger partial charge >= 0.3 is 6.09 Å². The molecule has 146 valence electrons. The van der Waals surface area contributed by atoms with Crippen LogP contribution in [0.2, 0.25) is 0 Å². The van der Waals surface area contributed by atoms with E-state index in [1.807, 2.05) is 20.8 Å². The number of ether oxygens (including phenoxy) is 1. The van der Waals surface area contributed by atoms with Crippen molar-refractivity contribution in [3.05, 3.63) is 11.7 Å². The zero-order valence-corrected chi connectivity index (χ0v) is 15.9. The van der Waals surface area contributed by atoms with Gasteiger partial charge in [-0.05, 0) is 26.2 Å². The minimum Gasteiger partial charge on any atom is -0.450 e. The zero-order chi connectivity index (χ0) is 18.9. The van der Waals surface area contributed by atoms with E-state index < -0.39 is 0 Å². The van der Waals surface area contributed by atoms with Crippen molar-refractivity contribution in [3.63, 3.8) is 0 Å². The molecule has 9 nitrogen and oxygen atoms in total. The van der Waals surface area contributed by atoms with Crippen LogP contribution < -0.4 is 11.1 Å². The van der Waals surface area contributed by atoms with E-state index in [9.17, 15) is 4.79 Å². The van der Waals surface area contributed by atoms with Gasteiger partial charge in [0.15, 0.2) is 11.8 Å². The van der Waals surface area contributed by atoms with Crippen molar-refractivity contribution in [2.45, 2.75) is 58.4 Å². The Hall–Kier alpha value is -2.32. The third-order valence-corrected chi connectivity index (χ3v) is 4.20. The lowest BCUT2D eigenvalue weighted by Crippen LogP contribution is -2.48. The number of nitrogens with zero attached hydrogens (tertiary/aromatic N) is 4. The summed E-state index contributed by atoms with van der Waals surface area (Å²) in [5.74, 6) is 2.08. The van der Waals surface area contributed by atoms with E-state index in [0.29, 0.717) is 44.5 Å². The number of nitrogens with one attached hydrogen (secondary N) is 1. The molecule has 1 aromatic rings. The van der Waals surface area contributed by atoms with Gasteiger partial charge in [0.1, 0.15) is 0 Å². The van der Waals surface area contributed by atoms with Gasteiger partial charge in [-0.25, -0.2) is 4.79 Å². The molecule has 1 saturated heterocycles. The van der Waals surface area contributed by atoms with Crippen LogP contribution in [0.25, 0.3) is 0 Å². The van der Waals surface area contributed by atoms with E-state index in [4.69, 9.17) is 15.0 Å². The molecule has 1 aliphatic heterocycles. The summed E-state index contributed by atoms with van der Waals surface area (Å²) in [6.45, 7) is 8.20.